The average Bonchev–Trinajstić information content (AvgIpc) is 3.02. The van der Waals surface area contributed by atoms with E-state index >= 15 is 0 Å². The molecule has 108 valence electrons. The quantitative estimate of drug-likeness (QED) is 0.755. The van der Waals surface area contributed by atoms with E-state index in [0.717, 1.165) is 27.1 Å². The van der Waals surface area contributed by atoms with E-state index in [1.54, 1.807) is 29.5 Å². The molecule has 0 aliphatic heterocycles. The highest BCUT2D eigenvalue weighted by Crippen LogP contribution is 2.26. The van der Waals surface area contributed by atoms with Crippen molar-refractivity contribution in [2.45, 2.75) is 19.9 Å². The maximum absolute atomic E-state index is 11.2. The molecule has 1 aromatic carbocycles. The highest BCUT2D eigenvalue weighted by atomic mass is 79.9. The van der Waals surface area contributed by atoms with E-state index in [1.165, 1.54) is 4.88 Å². The Morgan fingerprint density at radius 2 is 2.19 bits per heavy atom. The third-order valence-electron chi connectivity index (χ3n) is 3.33. The highest BCUT2D eigenvalue weighted by Gasteiger charge is 2.13. The molecule has 0 bridgehead atoms. The molecule has 1 N–H and O–H groups in total. The van der Waals surface area contributed by atoms with Gasteiger partial charge in [-0.15, -0.1) is 11.3 Å². The number of aromatic carboxylic acids is 1. The third kappa shape index (κ3) is 2.73. The molecule has 0 fully saturated rings. The fourth-order valence-corrected chi connectivity index (χ4v) is 3.82. The number of carbonyl (C=O) groups is 1. The Morgan fingerprint density at radius 1 is 1.38 bits per heavy atom. The van der Waals surface area contributed by atoms with Gasteiger partial charge in [-0.05, 0) is 46.3 Å². The summed E-state index contributed by atoms with van der Waals surface area (Å²) >= 11 is 5.14. The molecule has 0 radical (unpaired) electrons. The first-order valence-electron chi connectivity index (χ1n) is 6.55. The van der Waals surface area contributed by atoms with Crippen LogP contribution in [0.2, 0.25) is 0 Å². The first kappa shape index (κ1) is 14.3. The van der Waals surface area contributed by atoms with Crippen LogP contribution in [0.5, 0.6) is 0 Å². The lowest BCUT2D eigenvalue weighted by Gasteiger charge is -2.06. The summed E-state index contributed by atoms with van der Waals surface area (Å²) in [5.41, 5.74) is 2.00. The Labute approximate surface area is 134 Å². The van der Waals surface area contributed by atoms with Gasteiger partial charge in [0.1, 0.15) is 5.82 Å². The Balaban J connectivity index is 2.13. The predicted molar refractivity (Wildman–Crippen MR) is 87.2 cm³/mol. The van der Waals surface area contributed by atoms with Gasteiger partial charge in [0.05, 0.1) is 26.9 Å². The van der Waals surface area contributed by atoms with Crippen LogP contribution in [0.25, 0.3) is 11.0 Å². The fraction of sp³-hybridized carbons (Fsp3) is 0.200. The lowest BCUT2D eigenvalue weighted by atomic mass is 10.2. The molecule has 0 saturated heterocycles. The van der Waals surface area contributed by atoms with E-state index in [0.29, 0.717) is 12.1 Å². The number of aryl methyl sites for hydroxylation is 1. The molecule has 21 heavy (non-hydrogen) atoms. The number of rotatable bonds is 4. The molecule has 6 heteroatoms. The molecule has 0 unspecified atom stereocenters. The smallest absolute Gasteiger partial charge is 0.335 e. The zero-order chi connectivity index (χ0) is 15.0. The second-order valence-corrected chi connectivity index (χ2v) is 7.23. The van der Waals surface area contributed by atoms with Crippen molar-refractivity contribution in [3.8, 4) is 0 Å². The van der Waals surface area contributed by atoms with Crippen LogP contribution in [0.3, 0.4) is 0 Å². The van der Waals surface area contributed by atoms with Crippen molar-refractivity contribution in [3.63, 3.8) is 0 Å². The molecule has 0 saturated carbocycles. The number of fused-ring (bicyclic) bond motifs is 1. The van der Waals surface area contributed by atoms with Gasteiger partial charge in [0.15, 0.2) is 0 Å². The molecular formula is C15H13BrN2O2S. The summed E-state index contributed by atoms with van der Waals surface area (Å²) in [6, 6.07) is 9.17. The number of halogens is 1. The fourth-order valence-electron chi connectivity index (χ4n) is 2.34. The van der Waals surface area contributed by atoms with Crippen molar-refractivity contribution in [1.29, 1.82) is 0 Å². The molecule has 2 aromatic heterocycles. The summed E-state index contributed by atoms with van der Waals surface area (Å²) in [4.78, 5) is 17.0. The Morgan fingerprint density at radius 3 is 2.81 bits per heavy atom. The van der Waals surface area contributed by atoms with Crippen LogP contribution in [0.15, 0.2) is 34.1 Å². The standard InChI is InChI=1S/C15H13BrN2O2S/c1-2-14-17-11-5-3-9(15(19)20)7-12(11)18(14)8-10-4-6-13(16)21-10/h3-7H,2,8H2,1H3,(H,19,20). The lowest BCUT2D eigenvalue weighted by molar-refractivity contribution is 0.0697. The molecule has 0 atom stereocenters. The highest BCUT2D eigenvalue weighted by molar-refractivity contribution is 9.11. The molecular weight excluding hydrogens is 352 g/mol. The minimum atomic E-state index is -0.915. The van der Waals surface area contributed by atoms with Gasteiger partial charge in [0.2, 0.25) is 0 Å². The number of carboxylic acid groups (broad SMARTS) is 1. The SMILES string of the molecule is CCc1nc2ccc(C(=O)O)cc2n1Cc1ccc(Br)s1. The minimum absolute atomic E-state index is 0.290. The van der Waals surface area contributed by atoms with Gasteiger partial charge in [-0.3, -0.25) is 0 Å². The van der Waals surface area contributed by atoms with Crippen molar-refractivity contribution < 1.29 is 9.90 Å². The number of imidazole rings is 1. The summed E-state index contributed by atoms with van der Waals surface area (Å²) < 4.78 is 3.19. The van der Waals surface area contributed by atoms with Crippen LogP contribution in [-0.2, 0) is 13.0 Å². The average molecular weight is 365 g/mol. The molecule has 0 amide bonds. The summed E-state index contributed by atoms with van der Waals surface area (Å²) in [5.74, 6) is 0.0543. The van der Waals surface area contributed by atoms with Crippen LogP contribution in [0.1, 0.15) is 28.0 Å². The monoisotopic (exact) mass is 364 g/mol. The summed E-state index contributed by atoms with van der Waals surface area (Å²) in [6.45, 7) is 2.76. The number of carboxylic acids is 1. The van der Waals surface area contributed by atoms with E-state index < -0.39 is 5.97 Å². The van der Waals surface area contributed by atoms with Gasteiger partial charge in [-0.2, -0.15) is 0 Å². The van der Waals surface area contributed by atoms with Crippen molar-refractivity contribution in [1.82, 2.24) is 9.55 Å². The van der Waals surface area contributed by atoms with Crippen LogP contribution >= 0.6 is 27.3 Å². The molecule has 3 rings (SSSR count). The topological polar surface area (TPSA) is 55.1 Å². The van der Waals surface area contributed by atoms with Gasteiger partial charge in [-0.25, -0.2) is 9.78 Å². The number of hydrogen-bond donors (Lipinski definition) is 1. The normalized spacial score (nSPS) is 11.1. The molecule has 3 aromatic rings. The largest absolute Gasteiger partial charge is 0.478 e. The van der Waals surface area contributed by atoms with Crippen LogP contribution in [-0.4, -0.2) is 20.6 Å². The second kappa shape index (κ2) is 5.61. The number of nitrogens with zero attached hydrogens (tertiary/aromatic N) is 2. The van der Waals surface area contributed by atoms with Crippen molar-refractivity contribution in [3.05, 3.63) is 50.4 Å². The maximum atomic E-state index is 11.2. The van der Waals surface area contributed by atoms with Gasteiger partial charge < -0.3 is 9.67 Å². The van der Waals surface area contributed by atoms with Gasteiger partial charge in [0, 0.05) is 11.3 Å². The Hall–Kier alpha value is -1.66. The van der Waals surface area contributed by atoms with E-state index in [1.807, 2.05) is 6.07 Å². The first-order valence-corrected chi connectivity index (χ1v) is 8.16. The second-order valence-electron chi connectivity index (χ2n) is 4.68. The summed E-state index contributed by atoms with van der Waals surface area (Å²) in [6.07, 6.45) is 0.809. The maximum Gasteiger partial charge on any atom is 0.335 e. The zero-order valence-electron chi connectivity index (χ0n) is 11.3. The van der Waals surface area contributed by atoms with Gasteiger partial charge >= 0.3 is 5.97 Å². The zero-order valence-corrected chi connectivity index (χ0v) is 13.7. The van der Waals surface area contributed by atoms with Crippen molar-refractivity contribution in [2.75, 3.05) is 0 Å². The lowest BCUT2D eigenvalue weighted by Crippen LogP contribution is -2.04. The third-order valence-corrected chi connectivity index (χ3v) is 4.94. The first-order chi connectivity index (χ1) is 10.1. The Kier molecular flexibility index (Phi) is 3.82. The van der Waals surface area contributed by atoms with Crippen LogP contribution in [0.4, 0.5) is 0 Å². The molecule has 0 spiro atoms. The van der Waals surface area contributed by atoms with Crippen molar-refractivity contribution in [2.24, 2.45) is 0 Å². The van der Waals surface area contributed by atoms with Crippen LogP contribution < -0.4 is 0 Å². The number of benzene rings is 1. The van der Waals surface area contributed by atoms with Gasteiger partial charge in [-0.1, -0.05) is 6.92 Å². The van der Waals surface area contributed by atoms with E-state index in [2.05, 4.69) is 38.5 Å². The Bertz CT molecular complexity index is 822. The summed E-state index contributed by atoms with van der Waals surface area (Å²) in [7, 11) is 0. The van der Waals surface area contributed by atoms with E-state index in [-0.39, 0.29) is 0 Å². The number of thiophene rings is 1. The molecule has 4 nitrogen and oxygen atoms in total. The summed E-state index contributed by atoms with van der Waals surface area (Å²) in [5, 5.41) is 9.16. The minimum Gasteiger partial charge on any atom is -0.478 e. The van der Waals surface area contributed by atoms with Crippen molar-refractivity contribution >= 4 is 44.3 Å². The van der Waals surface area contributed by atoms with Crippen LogP contribution in [0, 0.1) is 0 Å². The number of aromatic nitrogens is 2. The molecule has 0 aliphatic rings. The number of hydrogen-bond acceptors (Lipinski definition) is 3. The molecule has 0 aliphatic carbocycles. The van der Waals surface area contributed by atoms with E-state index in [4.69, 9.17) is 5.11 Å². The van der Waals surface area contributed by atoms with Gasteiger partial charge in [0.25, 0.3) is 0 Å². The van der Waals surface area contributed by atoms with E-state index in [9.17, 15) is 4.79 Å². The predicted octanol–water partition coefficient (Wildman–Crippen LogP) is 4.17. The molecule has 2 heterocycles.